The van der Waals surface area contributed by atoms with Crippen molar-refractivity contribution in [2.75, 3.05) is 55.6 Å². The summed E-state index contributed by atoms with van der Waals surface area (Å²) in [5.41, 5.74) is 0.951. The highest BCUT2D eigenvalue weighted by Crippen LogP contribution is 2.45. The van der Waals surface area contributed by atoms with Gasteiger partial charge in [-0.3, -0.25) is 9.59 Å². The van der Waals surface area contributed by atoms with Crippen molar-refractivity contribution in [3.8, 4) is 23.0 Å². The fourth-order valence-electron chi connectivity index (χ4n) is 4.18. The summed E-state index contributed by atoms with van der Waals surface area (Å²) in [6, 6.07) is 9.18. The molecule has 2 aromatic rings. The lowest BCUT2D eigenvalue weighted by Crippen LogP contribution is -2.32. The number of amides is 1. The summed E-state index contributed by atoms with van der Waals surface area (Å²) < 4.78 is 21.6. The molecule has 0 radical (unpaired) electrons. The van der Waals surface area contributed by atoms with E-state index < -0.39 is 17.7 Å². The maximum atomic E-state index is 13.2. The Morgan fingerprint density at radius 3 is 2.03 bits per heavy atom. The van der Waals surface area contributed by atoms with Gasteiger partial charge in [-0.05, 0) is 69.0 Å². The van der Waals surface area contributed by atoms with Gasteiger partial charge < -0.3 is 33.9 Å². The number of nitrogens with zero attached hydrogens (tertiary/aromatic N) is 2. The third kappa shape index (κ3) is 5.19. The molecule has 9 nitrogen and oxygen atoms in total. The van der Waals surface area contributed by atoms with Crippen LogP contribution in [0, 0.1) is 0 Å². The van der Waals surface area contributed by atoms with Crippen molar-refractivity contribution in [3.05, 3.63) is 53.1 Å². The Balaban J connectivity index is 2.20. The highest BCUT2D eigenvalue weighted by Gasteiger charge is 2.46. The van der Waals surface area contributed by atoms with Crippen LogP contribution in [0.2, 0.25) is 0 Å². The van der Waals surface area contributed by atoms with Crippen LogP contribution in [-0.2, 0) is 9.59 Å². The van der Waals surface area contributed by atoms with Crippen molar-refractivity contribution in [2.24, 2.45) is 0 Å². The van der Waals surface area contributed by atoms with Crippen LogP contribution in [0.1, 0.15) is 23.6 Å². The highest BCUT2D eigenvalue weighted by atomic mass is 16.5. The van der Waals surface area contributed by atoms with Crippen LogP contribution < -0.4 is 18.9 Å². The van der Waals surface area contributed by atoms with E-state index in [1.54, 1.807) is 43.5 Å². The van der Waals surface area contributed by atoms with Crippen LogP contribution in [0.5, 0.6) is 23.0 Å². The minimum absolute atomic E-state index is 0.000655. The van der Waals surface area contributed by atoms with Crippen LogP contribution >= 0.6 is 0 Å². The van der Waals surface area contributed by atoms with Gasteiger partial charge in [-0.15, -0.1) is 0 Å². The number of rotatable bonds is 10. The molecule has 0 saturated carbocycles. The number of ketones is 1. The molecule has 1 amide bonds. The zero-order valence-corrected chi connectivity index (χ0v) is 21.0. The molecule has 0 aliphatic carbocycles. The van der Waals surface area contributed by atoms with Crippen LogP contribution in [0.4, 0.5) is 0 Å². The van der Waals surface area contributed by atoms with Crippen molar-refractivity contribution in [3.63, 3.8) is 0 Å². The molecular formula is C26H32N2O7. The molecule has 1 N–H and O–H groups in total. The van der Waals surface area contributed by atoms with Gasteiger partial charge in [-0.2, -0.15) is 0 Å². The molecule has 3 rings (SSSR count). The summed E-state index contributed by atoms with van der Waals surface area (Å²) in [7, 11) is 9.90. The average molecular weight is 485 g/mol. The first kappa shape index (κ1) is 25.9. The van der Waals surface area contributed by atoms with Gasteiger partial charge in [0.2, 0.25) is 5.75 Å². The van der Waals surface area contributed by atoms with Crippen molar-refractivity contribution < 1.29 is 33.6 Å². The molecule has 1 heterocycles. The summed E-state index contributed by atoms with van der Waals surface area (Å²) >= 11 is 0. The minimum Gasteiger partial charge on any atom is -0.507 e. The maximum Gasteiger partial charge on any atom is 0.295 e. The van der Waals surface area contributed by atoms with Crippen molar-refractivity contribution in [2.45, 2.75) is 12.5 Å². The number of benzene rings is 2. The fourth-order valence-corrected chi connectivity index (χ4v) is 4.18. The minimum atomic E-state index is -0.840. The molecule has 1 fully saturated rings. The van der Waals surface area contributed by atoms with Gasteiger partial charge in [-0.25, -0.2) is 0 Å². The molecule has 35 heavy (non-hydrogen) atoms. The zero-order valence-electron chi connectivity index (χ0n) is 21.0. The number of carbonyl (C=O) groups is 2. The van der Waals surface area contributed by atoms with Crippen molar-refractivity contribution >= 4 is 17.4 Å². The standard InChI is InChI=1S/C26H32N2O7/c1-27(2)12-7-13-28-22(17-14-19(33-4)25(35-6)20(15-17)34-5)21(24(30)26(28)31)23(29)16-8-10-18(32-3)11-9-16/h8-11,14-15,22,29H,7,12-13H2,1-6H3/t22-/m1/s1. The Kier molecular flexibility index (Phi) is 8.24. The van der Waals surface area contributed by atoms with Gasteiger partial charge in [0, 0.05) is 12.1 Å². The second kappa shape index (κ2) is 11.1. The molecule has 188 valence electrons. The number of carbonyl (C=O) groups excluding carboxylic acids is 2. The lowest BCUT2D eigenvalue weighted by molar-refractivity contribution is -0.139. The number of methoxy groups -OCH3 is 4. The normalized spacial score (nSPS) is 17.1. The van der Waals surface area contributed by atoms with Gasteiger partial charge in [0.15, 0.2) is 11.5 Å². The van der Waals surface area contributed by atoms with Crippen molar-refractivity contribution in [1.29, 1.82) is 0 Å². The Morgan fingerprint density at radius 1 is 0.943 bits per heavy atom. The van der Waals surface area contributed by atoms with E-state index in [1.807, 2.05) is 19.0 Å². The summed E-state index contributed by atoms with van der Waals surface area (Å²) in [5, 5.41) is 11.2. The van der Waals surface area contributed by atoms with Gasteiger partial charge in [-0.1, -0.05) is 0 Å². The molecule has 0 aromatic heterocycles. The topological polar surface area (TPSA) is 97.8 Å². The van der Waals surface area contributed by atoms with E-state index in [2.05, 4.69) is 0 Å². The van der Waals surface area contributed by atoms with Gasteiger partial charge in [0.1, 0.15) is 11.5 Å². The predicted molar refractivity (Wildman–Crippen MR) is 131 cm³/mol. The Morgan fingerprint density at radius 2 is 1.54 bits per heavy atom. The number of hydrogen-bond donors (Lipinski definition) is 1. The Hall–Kier alpha value is -3.72. The van der Waals surface area contributed by atoms with E-state index in [0.717, 1.165) is 6.54 Å². The van der Waals surface area contributed by atoms with Crippen LogP contribution in [-0.4, -0.2) is 82.2 Å². The third-order valence-electron chi connectivity index (χ3n) is 5.91. The first-order valence-corrected chi connectivity index (χ1v) is 11.1. The lowest BCUT2D eigenvalue weighted by Gasteiger charge is -2.27. The summed E-state index contributed by atoms with van der Waals surface area (Å²) in [6.07, 6.45) is 0.642. The smallest absolute Gasteiger partial charge is 0.295 e. The second-order valence-corrected chi connectivity index (χ2v) is 8.34. The molecule has 1 aliphatic heterocycles. The molecule has 9 heteroatoms. The lowest BCUT2D eigenvalue weighted by atomic mass is 9.94. The number of aliphatic hydroxyl groups excluding tert-OH is 1. The summed E-state index contributed by atoms with van der Waals surface area (Å²) in [4.78, 5) is 29.9. The molecule has 0 spiro atoms. The molecule has 1 saturated heterocycles. The van der Waals surface area contributed by atoms with E-state index in [4.69, 9.17) is 18.9 Å². The maximum absolute atomic E-state index is 13.2. The van der Waals surface area contributed by atoms with E-state index in [1.165, 1.54) is 26.2 Å². The van der Waals surface area contributed by atoms with Crippen LogP contribution in [0.3, 0.4) is 0 Å². The largest absolute Gasteiger partial charge is 0.507 e. The first-order chi connectivity index (χ1) is 16.8. The number of hydrogen-bond acceptors (Lipinski definition) is 8. The molecule has 1 aliphatic rings. The van der Waals surface area contributed by atoms with Gasteiger partial charge in [0.05, 0.1) is 40.1 Å². The number of Topliss-reactive ketones (excluding diaryl/α,β-unsaturated/α-hetero) is 1. The first-order valence-electron chi connectivity index (χ1n) is 11.1. The predicted octanol–water partition coefficient (Wildman–Crippen LogP) is 3.09. The van der Waals surface area contributed by atoms with Crippen molar-refractivity contribution in [1.82, 2.24) is 9.80 Å². The van der Waals surface area contributed by atoms with Gasteiger partial charge in [0.25, 0.3) is 11.7 Å². The fraction of sp³-hybridized carbons (Fsp3) is 0.385. The Bertz CT molecular complexity index is 1080. The van der Waals surface area contributed by atoms with Crippen LogP contribution in [0.25, 0.3) is 5.76 Å². The quantitative estimate of drug-likeness (QED) is 0.312. The Labute approximate surface area is 205 Å². The van der Waals surface area contributed by atoms with E-state index in [9.17, 15) is 14.7 Å². The number of ether oxygens (including phenoxy) is 4. The molecule has 2 aromatic carbocycles. The molecule has 1 atom stereocenters. The summed E-state index contributed by atoms with van der Waals surface area (Å²) in [6.45, 7) is 1.05. The monoisotopic (exact) mass is 484 g/mol. The number of likely N-dealkylation sites (tertiary alicyclic amines) is 1. The second-order valence-electron chi connectivity index (χ2n) is 8.34. The third-order valence-corrected chi connectivity index (χ3v) is 5.91. The SMILES string of the molecule is COc1ccc(C(O)=C2C(=O)C(=O)N(CCCN(C)C)[C@@H]2c2cc(OC)c(OC)c(OC)c2)cc1. The number of aliphatic hydroxyl groups is 1. The van der Waals surface area contributed by atoms with E-state index >= 15 is 0 Å². The van der Waals surface area contributed by atoms with Crippen LogP contribution in [0.15, 0.2) is 42.0 Å². The van der Waals surface area contributed by atoms with Gasteiger partial charge >= 0.3 is 0 Å². The average Bonchev–Trinajstić information content (AvgIpc) is 3.12. The highest BCUT2D eigenvalue weighted by molar-refractivity contribution is 6.46. The summed E-state index contributed by atoms with van der Waals surface area (Å²) in [5.74, 6) is 0.0695. The zero-order chi connectivity index (χ0) is 25.7. The molecule has 0 bridgehead atoms. The van der Waals surface area contributed by atoms with E-state index in [-0.39, 0.29) is 11.3 Å². The molecule has 0 unspecified atom stereocenters. The van der Waals surface area contributed by atoms with E-state index in [0.29, 0.717) is 47.1 Å². The molecular weight excluding hydrogens is 452 g/mol.